The van der Waals surface area contributed by atoms with Crippen molar-refractivity contribution in [3.05, 3.63) is 40.5 Å². The molecule has 0 spiro atoms. The first-order valence-corrected chi connectivity index (χ1v) is 10.3. The maximum Gasteiger partial charge on any atom is 0.227 e. The van der Waals surface area contributed by atoms with Gasteiger partial charge in [0.05, 0.1) is 11.3 Å². The zero-order chi connectivity index (χ0) is 19.7. The maximum atomic E-state index is 12.8. The van der Waals surface area contributed by atoms with Gasteiger partial charge in [-0.3, -0.25) is 4.79 Å². The van der Waals surface area contributed by atoms with Crippen LogP contribution < -0.4 is 10.2 Å². The predicted molar refractivity (Wildman–Crippen MR) is 113 cm³/mol. The number of ketones is 1. The second-order valence-electron chi connectivity index (χ2n) is 7.68. The smallest absolute Gasteiger partial charge is 0.227 e. The van der Waals surface area contributed by atoms with E-state index in [-0.39, 0.29) is 5.78 Å². The van der Waals surface area contributed by atoms with Crippen molar-refractivity contribution in [1.29, 1.82) is 0 Å². The molecule has 1 aromatic heterocycles. The molecule has 1 atom stereocenters. The highest BCUT2D eigenvalue weighted by molar-refractivity contribution is 6.30. The molecule has 0 bridgehead atoms. The predicted octanol–water partition coefficient (Wildman–Crippen LogP) is 3.78. The number of aromatic nitrogens is 2. The molecule has 7 heteroatoms. The summed E-state index contributed by atoms with van der Waals surface area (Å²) in [5.74, 6) is 1.75. The van der Waals surface area contributed by atoms with Gasteiger partial charge in [-0.15, -0.1) is 0 Å². The number of piperazine rings is 1. The van der Waals surface area contributed by atoms with Gasteiger partial charge in [0.1, 0.15) is 5.82 Å². The molecule has 1 saturated heterocycles. The van der Waals surface area contributed by atoms with Crippen molar-refractivity contribution >= 4 is 34.8 Å². The number of rotatable bonds is 4. The molecule has 1 N–H and O–H groups in total. The lowest BCUT2D eigenvalue weighted by Gasteiger charge is -2.35. The average molecular weight is 400 g/mol. The van der Waals surface area contributed by atoms with Gasteiger partial charge in [-0.25, -0.2) is 4.98 Å². The number of carbonyl (C=O) groups excluding carboxylic acids is 1. The van der Waals surface area contributed by atoms with Gasteiger partial charge in [0.15, 0.2) is 5.78 Å². The van der Waals surface area contributed by atoms with Gasteiger partial charge in [0.2, 0.25) is 5.95 Å². The van der Waals surface area contributed by atoms with Crippen LogP contribution in [-0.2, 0) is 6.42 Å². The summed E-state index contributed by atoms with van der Waals surface area (Å²) in [7, 11) is 0. The largest absolute Gasteiger partial charge is 0.339 e. The van der Waals surface area contributed by atoms with E-state index in [1.165, 1.54) is 0 Å². The summed E-state index contributed by atoms with van der Waals surface area (Å²) in [5, 5.41) is 4.01. The number of carbonyl (C=O) groups is 1. The summed E-state index contributed by atoms with van der Waals surface area (Å²) in [6.07, 6.45) is 1.35. The van der Waals surface area contributed by atoms with Crippen LogP contribution in [0.5, 0.6) is 0 Å². The minimum atomic E-state index is 0.118. The van der Waals surface area contributed by atoms with Crippen LogP contribution in [0, 0.1) is 5.92 Å². The van der Waals surface area contributed by atoms with Gasteiger partial charge in [0, 0.05) is 43.3 Å². The number of Topliss-reactive ketones (excluding diaryl/α,β-unsaturated/α-hetero) is 1. The van der Waals surface area contributed by atoms with Crippen LogP contribution in [0.4, 0.5) is 17.5 Å². The first kappa shape index (κ1) is 19.2. The number of likely N-dealkylation sites (N-methyl/N-ethyl adjacent to an activating group) is 1. The van der Waals surface area contributed by atoms with E-state index in [1.54, 1.807) is 0 Å². The number of nitrogens with one attached hydrogen (secondary N) is 1. The van der Waals surface area contributed by atoms with Gasteiger partial charge < -0.3 is 15.1 Å². The lowest BCUT2D eigenvalue weighted by Crippen LogP contribution is -2.47. The van der Waals surface area contributed by atoms with Crippen LogP contribution in [-0.4, -0.2) is 53.4 Å². The number of benzene rings is 1. The number of halogens is 1. The molecule has 1 aliphatic heterocycles. The summed E-state index contributed by atoms with van der Waals surface area (Å²) in [5.41, 5.74) is 2.37. The van der Waals surface area contributed by atoms with E-state index in [0.717, 1.165) is 50.5 Å². The SMILES string of the molecule is CCN1CCN(c2nc3c(c(Nc4ccc(Cl)cc4)n2)C(=O)CC(C)C3)CC1. The molecule has 1 unspecified atom stereocenters. The van der Waals surface area contributed by atoms with Crippen LogP contribution in [0.3, 0.4) is 0 Å². The Labute approximate surface area is 170 Å². The topological polar surface area (TPSA) is 61.4 Å². The molecule has 2 aromatic rings. The molecular formula is C21H26ClN5O. The first-order chi connectivity index (χ1) is 13.5. The number of fused-ring (bicyclic) bond motifs is 1. The number of hydrogen-bond acceptors (Lipinski definition) is 6. The van der Waals surface area contributed by atoms with Crippen LogP contribution >= 0.6 is 11.6 Å². The fraction of sp³-hybridized carbons (Fsp3) is 0.476. The maximum absolute atomic E-state index is 12.8. The Hall–Kier alpha value is -2.18. The van der Waals surface area contributed by atoms with E-state index >= 15 is 0 Å². The summed E-state index contributed by atoms with van der Waals surface area (Å²) >= 11 is 6.00. The fourth-order valence-corrected chi connectivity index (χ4v) is 4.05. The molecule has 6 nitrogen and oxygen atoms in total. The number of anilines is 3. The van der Waals surface area contributed by atoms with Crippen LogP contribution in [0.25, 0.3) is 0 Å². The summed E-state index contributed by atoms with van der Waals surface area (Å²) in [6, 6.07) is 7.44. The lowest BCUT2D eigenvalue weighted by atomic mass is 9.87. The molecule has 1 fully saturated rings. The average Bonchev–Trinajstić information content (AvgIpc) is 2.69. The molecule has 4 rings (SSSR count). The molecule has 0 radical (unpaired) electrons. The zero-order valence-electron chi connectivity index (χ0n) is 16.4. The van der Waals surface area contributed by atoms with Crippen LogP contribution in [0.1, 0.15) is 36.3 Å². The van der Waals surface area contributed by atoms with Crippen molar-refractivity contribution in [2.24, 2.45) is 5.92 Å². The minimum absolute atomic E-state index is 0.118. The standard InChI is InChI=1S/C21H26ClN5O/c1-3-26-8-10-27(11-9-26)21-24-17-12-14(2)13-18(28)19(17)20(25-21)23-16-6-4-15(22)5-7-16/h4-7,14H,3,8-13H2,1-2H3,(H,23,24,25). The Kier molecular flexibility index (Phi) is 5.51. The van der Waals surface area contributed by atoms with Gasteiger partial charge >= 0.3 is 0 Å². The van der Waals surface area contributed by atoms with Gasteiger partial charge in [-0.2, -0.15) is 4.98 Å². The minimum Gasteiger partial charge on any atom is -0.339 e. The van der Waals surface area contributed by atoms with Crippen molar-refractivity contribution < 1.29 is 4.79 Å². The van der Waals surface area contributed by atoms with Crippen molar-refractivity contribution in [2.45, 2.75) is 26.7 Å². The van der Waals surface area contributed by atoms with Crippen LogP contribution in [0.2, 0.25) is 5.02 Å². The normalized spacial score (nSPS) is 20.2. The fourth-order valence-electron chi connectivity index (χ4n) is 3.92. The van der Waals surface area contributed by atoms with Gasteiger partial charge in [-0.05, 0) is 43.1 Å². The van der Waals surface area contributed by atoms with E-state index in [9.17, 15) is 4.79 Å². The van der Waals surface area contributed by atoms with Gasteiger partial charge in [-0.1, -0.05) is 25.4 Å². The molecule has 2 aliphatic rings. The second-order valence-corrected chi connectivity index (χ2v) is 8.12. The van der Waals surface area contributed by atoms with E-state index in [0.29, 0.717) is 34.7 Å². The molecule has 1 aromatic carbocycles. The molecule has 148 valence electrons. The van der Waals surface area contributed by atoms with Crippen molar-refractivity contribution in [3.63, 3.8) is 0 Å². The van der Waals surface area contributed by atoms with Crippen molar-refractivity contribution in [1.82, 2.24) is 14.9 Å². The highest BCUT2D eigenvalue weighted by Gasteiger charge is 2.30. The molecule has 0 saturated carbocycles. The van der Waals surface area contributed by atoms with E-state index in [1.807, 2.05) is 24.3 Å². The third kappa shape index (κ3) is 3.98. The summed E-state index contributed by atoms with van der Waals surface area (Å²) in [6.45, 7) is 9.17. The number of nitrogens with zero attached hydrogens (tertiary/aromatic N) is 4. The molecule has 28 heavy (non-hydrogen) atoms. The van der Waals surface area contributed by atoms with Crippen molar-refractivity contribution in [2.75, 3.05) is 42.9 Å². The molecular weight excluding hydrogens is 374 g/mol. The quantitative estimate of drug-likeness (QED) is 0.844. The highest BCUT2D eigenvalue weighted by Crippen LogP contribution is 2.32. The van der Waals surface area contributed by atoms with Crippen molar-refractivity contribution in [3.8, 4) is 0 Å². The monoisotopic (exact) mass is 399 g/mol. The Morgan fingerprint density at radius 3 is 2.50 bits per heavy atom. The van der Waals surface area contributed by atoms with E-state index in [2.05, 4.69) is 29.0 Å². The van der Waals surface area contributed by atoms with Crippen LogP contribution in [0.15, 0.2) is 24.3 Å². The van der Waals surface area contributed by atoms with Gasteiger partial charge in [0.25, 0.3) is 0 Å². The zero-order valence-corrected chi connectivity index (χ0v) is 17.2. The Morgan fingerprint density at radius 2 is 1.82 bits per heavy atom. The summed E-state index contributed by atoms with van der Waals surface area (Å²) < 4.78 is 0. The molecule has 0 amide bonds. The third-order valence-electron chi connectivity index (χ3n) is 5.54. The third-order valence-corrected chi connectivity index (χ3v) is 5.79. The van der Waals surface area contributed by atoms with E-state index in [4.69, 9.17) is 21.6 Å². The summed E-state index contributed by atoms with van der Waals surface area (Å²) in [4.78, 5) is 27.0. The van der Waals surface area contributed by atoms with E-state index < -0.39 is 0 Å². The Balaban J connectivity index is 1.69. The Bertz CT molecular complexity index is 862. The number of hydrogen-bond donors (Lipinski definition) is 1. The highest BCUT2D eigenvalue weighted by atomic mass is 35.5. The first-order valence-electron chi connectivity index (χ1n) is 9.97. The Morgan fingerprint density at radius 1 is 1.11 bits per heavy atom. The lowest BCUT2D eigenvalue weighted by molar-refractivity contribution is 0.0952. The molecule has 2 heterocycles. The second kappa shape index (κ2) is 8.05. The molecule has 1 aliphatic carbocycles.